The molecular formula is C22H23ClFN3O4S. The molecule has 0 spiro atoms. The van der Waals surface area contributed by atoms with Crippen molar-refractivity contribution in [1.29, 1.82) is 0 Å². The Morgan fingerprint density at radius 2 is 1.91 bits per heavy atom. The van der Waals surface area contributed by atoms with Gasteiger partial charge in [0, 0.05) is 19.8 Å². The van der Waals surface area contributed by atoms with Gasteiger partial charge < -0.3 is 9.64 Å². The molecule has 3 aromatic rings. The third-order valence-electron chi connectivity index (χ3n) is 4.78. The third kappa shape index (κ3) is 5.46. The van der Waals surface area contributed by atoms with E-state index in [0.717, 1.165) is 6.26 Å². The van der Waals surface area contributed by atoms with E-state index >= 15 is 0 Å². The Balaban J connectivity index is 1.61. The van der Waals surface area contributed by atoms with E-state index in [-0.39, 0.29) is 27.3 Å². The molecule has 0 aliphatic carbocycles. The number of sulfone groups is 1. The SMILES string of the molecule is Cc1nn(-c2ccc(F)cc2)c(Cl)c1C(=O)N(C)CCCOc1cccc(S(C)(=O)=O)c1. The quantitative estimate of drug-likeness (QED) is 0.457. The number of rotatable bonds is 8. The topological polar surface area (TPSA) is 81.5 Å². The molecule has 0 fully saturated rings. The predicted octanol–water partition coefficient (Wildman–Crippen LogP) is 3.92. The number of hydrogen-bond acceptors (Lipinski definition) is 5. The molecule has 0 saturated heterocycles. The van der Waals surface area contributed by atoms with Crippen molar-refractivity contribution in [2.75, 3.05) is 26.5 Å². The average molecular weight is 480 g/mol. The van der Waals surface area contributed by atoms with Crippen LogP contribution in [0, 0.1) is 12.7 Å². The minimum Gasteiger partial charge on any atom is -0.493 e. The number of hydrogen-bond donors (Lipinski definition) is 0. The average Bonchev–Trinajstić information content (AvgIpc) is 3.04. The highest BCUT2D eigenvalue weighted by Crippen LogP contribution is 2.25. The lowest BCUT2D eigenvalue weighted by atomic mass is 10.2. The molecule has 1 aromatic heterocycles. The number of aryl methyl sites for hydroxylation is 1. The standard InChI is InChI=1S/C22H23ClFN3O4S/c1-15-20(21(23)27(25-15)17-10-8-16(24)9-11-17)22(28)26(2)12-5-13-31-18-6-4-7-19(14-18)32(3,29)30/h4,6-11,14H,5,12-13H2,1-3H3. The molecule has 0 atom stereocenters. The zero-order valence-electron chi connectivity index (χ0n) is 17.9. The maximum Gasteiger partial charge on any atom is 0.258 e. The van der Waals surface area contributed by atoms with Crippen molar-refractivity contribution >= 4 is 27.3 Å². The maximum atomic E-state index is 13.2. The number of amides is 1. The second-order valence-corrected chi connectivity index (χ2v) is 9.69. The smallest absolute Gasteiger partial charge is 0.258 e. The van der Waals surface area contributed by atoms with Gasteiger partial charge in [0.15, 0.2) is 9.84 Å². The highest BCUT2D eigenvalue weighted by molar-refractivity contribution is 7.90. The van der Waals surface area contributed by atoms with Gasteiger partial charge in [0.25, 0.3) is 5.91 Å². The van der Waals surface area contributed by atoms with Gasteiger partial charge in [-0.2, -0.15) is 5.10 Å². The molecule has 10 heteroatoms. The minimum atomic E-state index is -3.31. The van der Waals surface area contributed by atoms with Crippen molar-refractivity contribution in [2.24, 2.45) is 0 Å². The molecular weight excluding hydrogens is 457 g/mol. The summed E-state index contributed by atoms with van der Waals surface area (Å²) in [6, 6.07) is 11.9. The van der Waals surface area contributed by atoms with E-state index in [9.17, 15) is 17.6 Å². The summed E-state index contributed by atoms with van der Waals surface area (Å²) in [6.07, 6.45) is 1.66. The number of halogens is 2. The van der Waals surface area contributed by atoms with Gasteiger partial charge in [-0.3, -0.25) is 4.79 Å². The van der Waals surface area contributed by atoms with Crippen LogP contribution >= 0.6 is 11.6 Å². The normalized spacial score (nSPS) is 11.4. The predicted molar refractivity (Wildman–Crippen MR) is 120 cm³/mol. The van der Waals surface area contributed by atoms with E-state index in [0.29, 0.717) is 36.7 Å². The second kappa shape index (κ2) is 9.70. The Kier molecular flexibility index (Phi) is 7.20. The molecule has 0 radical (unpaired) electrons. The van der Waals surface area contributed by atoms with Gasteiger partial charge in [-0.15, -0.1) is 0 Å². The van der Waals surface area contributed by atoms with E-state index in [1.54, 1.807) is 26.1 Å². The monoisotopic (exact) mass is 479 g/mol. The van der Waals surface area contributed by atoms with Gasteiger partial charge in [-0.05, 0) is 55.8 Å². The highest BCUT2D eigenvalue weighted by atomic mass is 35.5. The molecule has 0 unspecified atom stereocenters. The summed E-state index contributed by atoms with van der Waals surface area (Å²) in [7, 11) is -1.66. The van der Waals surface area contributed by atoms with Crippen molar-refractivity contribution in [3.63, 3.8) is 0 Å². The molecule has 2 aromatic carbocycles. The van der Waals surface area contributed by atoms with Crippen LogP contribution in [0.2, 0.25) is 5.15 Å². The lowest BCUT2D eigenvalue weighted by Gasteiger charge is -2.17. The fraction of sp³-hybridized carbons (Fsp3) is 0.273. The van der Waals surface area contributed by atoms with Gasteiger partial charge in [0.1, 0.15) is 16.7 Å². The Morgan fingerprint density at radius 1 is 1.22 bits per heavy atom. The van der Waals surface area contributed by atoms with Crippen molar-refractivity contribution in [3.8, 4) is 11.4 Å². The van der Waals surface area contributed by atoms with Gasteiger partial charge in [-0.1, -0.05) is 17.7 Å². The van der Waals surface area contributed by atoms with Crippen LogP contribution in [0.4, 0.5) is 4.39 Å². The zero-order valence-corrected chi connectivity index (χ0v) is 19.5. The molecule has 0 saturated carbocycles. The van der Waals surface area contributed by atoms with Crippen LogP contribution in [0.3, 0.4) is 0 Å². The van der Waals surface area contributed by atoms with E-state index in [2.05, 4.69) is 5.10 Å². The number of ether oxygens (including phenoxy) is 1. The van der Waals surface area contributed by atoms with Crippen LogP contribution in [0.1, 0.15) is 22.5 Å². The Morgan fingerprint density at radius 3 is 2.56 bits per heavy atom. The summed E-state index contributed by atoms with van der Waals surface area (Å²) in [6.45, 7) is 2.37. The van der Waals surface area contributed by atoms with Gasteiger partial charge in [0.05, 0.1) is 28.4 Å². The third-order valence-corrected chi connectivity index (χ3v) is 6.24. The Labute approximate surface area is 191 Å². The van der Waals surface area contributed by atoms with Crippen LogP contribution in [0.5, 0.6) is 5.75 Å². The molecule has 1 amide bonds. The Bertz CT molecular complexity index is 1230. The van der Waals surface area contributed by atoms with Crippen LogP contribution in [0.25, 0.3) is 5.69 Å². The molecule has 7 nitrogen and oxygen atoms in total. The lowest BCUT2D eigenvalue weighted by Crippen LogP contribution is -2.29. The fourth-order valence-corrected chi connectivity index (χ4v) is 4.08. The van der Waals surface area contributed by atoms with Gasteiger partial charge in [0.2, 0.25) is 0 Å². The van der Waals surface area contributed by atoms with E-state index in [4.69, 9.17) is 16.3 Å². The molecule has 3 rings (SSSR count). The highest BCUT2D eigenvalue weighted by Gasteiger charge is 2.23. The summed E-state index contributed by atoms with van der Waals surface area (Å²) in [5, 5.41) is 4.47. The van der Waals surface area contributed by atoms with Crippen LogP contribution in [0.15, 0.2) is 53.4 Å². The number of benzene rings is 2. The van der Waals surface area contributed by atoms with Gasteiger partial charge >= 0.3 is 0 Å². The number of carbonyl (C=O) groups excluding carboxylic acids is 1. The van der Waals surface area contributed by atoms with Crippen molar-refractivity contribution < 1.29 is 22.3 Å². The fourth-order valence-electron chi connectivity index (χ4n) is 3.07. The second-order valence-electron chi connectivity index (χ2n) is 7.32. The first-order chi connectivity index (χ1) is 15.1. The van der Waals surface area contributed by atoms with Crippen LogP contribution in [-0.4, -0.2) is 55.5 Å². The van der Waals surface area contributed by atoms with E-state index < -0.39 is 9.84 Å². The summed E-state index contributed by atoms with van der Waals surface area (Å²) >= 11 is 6.42. The molecule has 1 heterocycles. The first-order valence-corrected chi connectivity index (χ1v) is 12.0. The summed E-state index contributed by atoms with van der Waals surface area (Å²) in [5.74, 6) is -0.226. The van der Waals surface area contributed by atoms with Crippen molar-refractivity contribution in [1.82, 2.24) is 14.7 Å². The molecule has 32 heavy (non-hydrogen) atoms. The Hall–Kier alpha value is -2.91. The number of aromatic nitrogens is 2. The summed E-state index contributed by atoms with van der Waals surface area (Å²) in [4.78, 5) is 14.6. The van der Waals surface area contributed by atoms with Crippen molar-refractivity contribution in [2.45, 2.75) is 18.2 Å². The summed E-state index contributed by atoms with van der Waals surface area (Å²) < 4.78 is 43.5. The molecule has 0 aliphatic rings. The number of carbonyl (C=O) groups is 1. The molecule has 0 bridgehead atoms. The molecule has 0 N–H and O–H groups in total. The van der Waals surface area contributed by atoms with Crippen LogP contribution in [-0.2, 0) is 9.84 Å². The summed E-state index contributed by atoms with van der Waals surface area (Å²) in [5.41, 5.74) is 1.29. The first kappa shape index (κ1) is 23.7. The largest absolute Gasteiger partial charge is 0.493 e. The van der Waals surface area contributed by atoms with E-state index in [1.807, 2.05) is 0 Å². The minimum absolute atomic E-state index is 0.153. The van der Waals surface area contributed by atoms with Gasteiger partial charge in [-0.25, -0.2) is 17.5 Å². The van der Waals surface area contributed by atoms with E-state index in [1.165, 1.54) is 46.0 Å². The van der Waals surface area contributed by atoms with Crippen molar-refractivity contribution in [3.05, 3.63) is 70.8 Å². The zero-order chi connectivity index (χ0) is 23.5. The lowest BCUT2D eigenvalue weighted by molar-refractivity contribution is 0.0787. The maximum absolute atomic E-state index is 13.2. The first-order valence-electron chi connectivity index (χ1n) is 9.77. The number of nitrogens with zero attached hydrogens (tertiary/aromatic N) is 3. The molecule has 170 valence electrons. The molecule has 0 aliphatic heterocycles. The van der Waals surface area contributed by atoms with Crippen LogP contribution < -0.4 is 4.74 Å².